The Labute approximate surface area is 48.1 Å². The van der Waals surface area contributed by atoms with Gasteiger partial charge in [-0.3, -0.25) is 4.68 Å². The van der Waals surface area contributed by atoms with Crippen LogP contribution in [-0.2, 0) is 6.54 Å². The minimum absolute atomic E-state index is 0.596. The van der Waals surface area contributed by atoms with E-state index in [1.807, 2.05) is 0 Å². The maximum absolute atomic E-state index is 5.41. The smallest absolute Gasteiger partial charge is 0.121 e. The molecule has 0 aliphatic carbocycles. The SMILES string of the molecule is [CH2]Cn1nccc1N. The Balaban J connectivity index is 2.92. The summed E-state index contributed by atoms with van der Waals surface area (Å²) in [6.45, 7) is 4.21. The van der Waals surface area contributed by atoms with Crippen molar-refractivity contribution < 1.29 is 0 Å². The van der Waals surface area contributed by atoms with E-state index in [-0.39, 0.29) is 0 Å². The third-order valence-electron chi connectivity index (χ3n) is 0.961. The van der Waals surface area contributed by atoms with E-state index in [4.69, 9.17) is 5.73 Å². The number of hydrogen-bond acceptors (Lipinski definition) is 2. The van der Waals surface area contributed by atoms with E-state index in [0.717, 1.165) is 0 Å². The standard InChI is InChI=1S/C5H8N3/c1-2-8-5(6)3-4-7-8/h3-4H,1-2,6H2. The lowest BCUT2D eigenvalue weighted by Crippen LogP contribution is -2.00. The van der Waals surface area contributed by atoms with Crippen molar-refractivity contribution >= 4 is 5.82 Å². The Bertz CT molecular complexity index is 168. The number of nitrogens with zero attached hydrogens (tertiary/aromatic N) is 2. The molecule has 1 aromatic heterocycles. The molecule has 0 spiro atoms. The Morgan fingerprint density at radius 1 is 1.88 bits per heavy atom. The highest BCUT2D eigenvalue weighted by Crippen LogP contribution is 1.96. The van der Waals surface area contributed by atoms with Crippen molar-refractivity contribution in [1.29, 1.82) is 0 Å². The van der Waals surface area contributed by atoms with Gasteiger partial charge in [0, 0.05) is 6.54 Å². The summed E-state index contributed by atoms with van der Waals surface area (Å²) < 4.78 is 1.62. The van der Waals surface area contributed by atoms with Crippen LogP contribution in [0.5, 0.6) is 0 Å². The van der Waals surface area contributed by atoms with Crippen molar-refractivity contribution in [2.75, 3.05) is 5.73 Å². The minimum atomic E-state index is 0.596. The molecule has 3 nitrogen and oxygen atoms in total. The Hall–Kier alpha value is -0.990. The summed E-state index contributed by atoms with van der Waals surface area (Å²) >= 11 is 0. The minimum Gasteiger partial charge on any atom is -0.384 e. The van der Waals surface area contributed by atoms with Gasteiger partial charge in [0.15, 0.2) is 0 Å². The van der Waals surface area contributed by atoms with Crippen LogP contribution >= 0.6 is 0 Å². The molecule has 0 aromatic carbocycles. The summed E-state index contributed by atoms with van der Waals surface area (Å²) in [5.41, 5.74) is 5.41. The van der Waals surface area contributed by atoms with E-state index in [9.17, 15) is 0 Å². The molecule has 2 N–H and O–H groups in total. The lowest BCUT2D eigenvalue weighted by atomic mass is 10.6. The highest BCUT2D eigenvalue weighted by Gasteiger charge is 1.89. The van der Waals surface area contributed by atoms with Crippen LogP contribution in [0.4, 0.5) is 5.82 Å². The van der Waals surface area contributed by atoms with Gasteiger partial charge in [0.05, 0.1) is 6.20 Å². The van der Waals surface area contributed by atoms with E-state index in [0.29, 0.717) is 12.4 Å². The van der Waals surface area contributed by atoms with Gasteiger partial charge >= 0.3 is 0 Å². The molecule has 1 rings (SSSR count). The number of nitrogen functional groups attached to an aromatic ring is 1. The monoisotopic (exact) mass is 110 g/mol. The van der Waals surface area contributed by atoms with Gasteiger partial charge in [-0.05, 0) is 13.0 Å². The molecule has 0 bridgehead atoms. The Morgan fingerprint density at radius 3 is 2.88 bits per heavy atom. The predicted molar refractivity (Wildman–Crippen MR) is 32.0 cm³/mol. The topological polar surface area (TPSA) is 43.8 Å². The molecule has 0 aliphatic heterocycles. The van der Waals surface area contributed by atoms with Crippen LogP contribution in [0, 0.1) is 6.92 Å². The lowest BCUT2D eigenvalue weighted by molar-refractivity contribution is 0.710. The zero-order chi connectivity index (χ0) is 5.98. The van der Waals surface area contributed by atoms with Crippen LogP contribution in [0.15, 0.2) is 12.3 Å². The molecular formula is C5H8N3. The normalized spacial score (nSPS) is 9.62. The molecule has 8 heavy (non-hydrogen) atoms. The van der Waals surface area contributed by atoms with Crippen LogP contribution < -0.4 is 5.73 Å². The average Bonchev–Trinajstić information content (AvgIpc) is 2.14. The molecule has 1 radical (unpaired) electrons. The predicted octanol–water partition coefficient (Wildman–Crippen LogP) is 0.299. The van der Waals surface area contributed by atoms with Gasteiger partial charge in [-0.1, -0.05) is 0 Å². The molecule has 0 aliphatic rings. The maximum atomic E-state index is 5.41. The summed E-state index contributed by atoms with van der Waals surface area (Å²) in [6.07, 6.45) is 1.65. The molecular weight excluding hydrogens is 102 g/mol. The van der Waals surface area contributed by atoms with Crippen molar-refractivity contribution in [3.8, 4) is 0 Å². The zero-order valence-corrected chi connectivity index (χ0v) is 4.54. The largest absolute Gasteiger partial charge is 0.384 e. The second kappa shape index (κ2) is 1.86. The molecule has 0 fully saturated rings. The summed E-state index contributed by atoms with van der Waals surface area (Å²) in [5, 5.41) is 3.86. The van der Waals surface area contributed by atoms with E-state index in [1.54, 1.807) is 16.9 Å². The first-order valence-electron chi connectivity index (χ1n) is 2.41. The zero-order valence-electron chi connectivity index (χ0n) is 4.54. The van der Waals surface area contributed by atoms with Crippen LogP contribution in [0.3, 0.4) is 0 Å². The van der Waals surface area contributed by atoms with Gasteiger partial charge < -0.3 is 5.73 Å². The van der Waals surface area contributed by atoms with Crippen LogP contribution in [-0.4, -0.2) is 9.78 Å². The quantitative estimate of drug-likeness (QED) is 0.565. The van der Waals surface area contributed by atoms with Crippen molar-refractivity contribution in [2.45, 2.75) is 6.54 Å². The van der Waals surface area contributed by atoms with Gasteiger partial charge in [-0.15, -0.1) is 0 Å². The number of rotatable bonds is 1. The first kappa shape index (κ1) is 5.15. The van der Waals surface area contributed by atoms with Crippen molar-refractivity contribution in [1.82, 2.24) is 9.78 Å². The molecule has 3 heteroatoms. The molecule has 1 aromatic rings. The number of nitrogens with two attached hydrogens (primary N) is 1. The molecule has 0 amide bonds. The molecule has 0 unspecified atom stereocenters. The fraction of sp³-hybridized carbons (Fsp3) is 0.200. The van der Waals surface area contributed by atoms with Crippen molar-refractivity contribution in [3.05, 3.63) is 19.2 Å². The van der Waals surface area contributed by atoms with Crippen molar-refractivity contribution in [3.63, 3.8) is 0 Å². The van der Waals surface area contributed by atoms with Gasteiger partial charge in [-0.25, -0.2) is 0 Å². The van der Waals surface area contributed by atoms with E-state index in [2.05, 4.69) is 12.0 Å². The van der Waals surface area contributed by atoms with E-state index < -0.39 is 0 Å². The van der Waals surface area contributed by atoms with Crippen LogP contribution in [0.2, 0.25) is 0 Å². The second-order valence-electron chi connectivity index (χ2n) is 1.48. The second-order valence-corrected chi connectivity index (χ2v) is 1.48. The van der Waals surface area contributed by atoms with Crippen LogP contribution in [0.1, 0.15) is 0 Å². The highest BCUT2D eigenvalue weighted by molar-refractivity contribution is 5.25. The summed E-state index contributed by atoms with van der Waals surface area (Å²) in [6, 6.07) is 1.74. The summed E-state index contributed by atoms with van der Waals surface area (Å²) in [5.74, 6) is 0.667. The number of hydrogen-bond donors (Lipinski definition) is 1. The van der Waals surface area contributed by atoms with Crippen LogP contribution in [0.25, 0.3) is 0 Å². The van der Waals surface area contributed by atoms with Gasteiger partial charge in [0.1, 0.15) is 5.82 Å². The van der Waals surface area contributed by atoms with Gasteiger partial charge in [-0.2, -0.15) is 5.10 Å². The van der Waals surface area contributed by atoms with Crippen molar-refractivity contribution in [2.24, 2.45) is 0 Å². The molecule has 1 heterocycles. The first-order chi connectivity index (χ1) is 3.84. The van der Waals surface area contributed by atoms with Gasteiger partial charge in [0.25, 0.3) is 0 Å². The molecule has 0 saturated heterocycles. The Morgan fingerprint density at radius 2 is 2.62 bits per heavy atom. The molecule has 43 valence electrons. The summed E-state index contributed by atoms with van der Waals surface area (Å²) in [7, 11) is 0. The molecule has 0 saturated carbocycles. The van der Waals surface area contributed by atoms with E-state index >= 15 is 0 Å². The highest BCUT2D eigenvalue weighted by atomic mass is 15.3. The number of anilines is 1. The molecule has 0 atom stereocenters. The lowest BCUT2D eigenvalue weighted by Gasteiger charge is -1.94. The maximum Gasteiger partial charge on any atom is 0.121 e. The first-order valence-corrected chi connectivity index (χ1v) is 2.41. The van der Waals surface area contributed by atoms with Gasteiger partial charge in [0.2, 0.25) is 0 Å². The summed E-state index contributed by atoms with van der Waals surface area (Å²) in [4.78, 5) is 0. The number of aromatic nitrogens is 2. The van der Waals surface area contributed by atoms with E-state index in [1.165, 1.54) is 0 Å². The third-order valence-corrected chi connectivity index (χ3v) is 0.961. The average molecular weight is 110 g/mol. The fourth-order valence-electron chi connectivity index (χ4n) is 0.530. The fourth-order valence-corrected chi connectivity index (χ4v) is 0.530. The third kappa shape index (κ3) is 0.665. The Kier molecular flexibility index (Phi) is 1.20.